The van der Waals surface area contributed by atoms with Gasteiger partial charge < -0.3 is 18.4 Å². The molecule has 0 radical (unpaired) electrons. The lowest BCUT2D eigenvalue weighted by molar-refractivity contribution is -0.137. The first-order valence-electron chi connectivity index (χ1n) is 13.7. The molecule has 0 fully saturated rings. The highest BCUT2D eigenvalue weighted by Crippen LogP contribution is 2.21. The van der Waals surface area contributed by atoms with E-state index < -0.39 is 14.8 Å². The average Bonchev–Trinajstić information content (AvgIpc) is 2.75. The van der Waals surface area contributed by atoms with E-state index in [1.165, 1.54) is 89.9 Å². The fourth-order valence-corrected chi connectivity index (χ4v) is 6.96. The third kappa shape index (κ3) is 20.2. The van der Waals surface area contributed by atoms with E-state index in [0.717, 1.165) is 25.3 Å². The van der Waals surface area contributed by atoms with Gasteiger partial charge in [0.25, 0.3) is 0 Å². The summed E-state index contributed by atoms with van der Waals surface area (Å²) in [6.45, 7) is 8.08. The Labute approximate surface area is 200 Å². The zero-order chi connectivity index (χ0) is 23.8. The zero-order valence-electron chi connectivity index (χ0n) is 21.6. The van der Waals surface area contributed by atoms with E-state index in [-0.39, 0.29) is 0 Å². The number of carboxylic acid groups (broad SMARTS) is 1. The van der Waals surface area contributed by atoms with Gasteiger partial charge in [0.1, 0.15) is 0 Å². The molecule has 0 heterocycles. The summed E-state index contributed by atoms with van der Waals surface area (Å²) >= 11 is 0. The number of rotatable bonds is 26. The highest BCUT2D eigenvalue weighted by Gasteiger charge is 2.39. The van der Waals surface area contributed by atoms with Gasteiger partial charge in [-0.05, 0) is 33.6 Å². The van der Waals surface area contributed by atoms with E-state index in [2.05, 4.69) is 0 Å². The number of unbranched alkanes of at least 4 members (excludes halogenated alkanes) is 16. The SMILES string of the molecule is CCO[Si](CCCCCCCCCCCCCCCCCCCC(=O)O)(OCC)OCC. The van der Waals surface area contributed by atoms with Crippen LogP contribution in [0.1, 0.15) is 136 Å². The normalized spacial score (nSPS) is 11.8. The number of hydrogen-bond donors (Lipinski definition) is 1. The minimum absolute atomic E-state index is 0.333. The molecule has 0 unspecified atom stereocenters. The zero-order valence-corrected chi connectivity index (χ0v) is 22.6. The quantitative estimate of drug-likeness (QED) is 0.101. The molecule has 0 saturated heterocycles. The van der Waals surface area contributed by atoms with Crippen LogP contribution in [0.5, 0.6) is 0 Å². The third-order valence-electron chi connectivity index (χ3n) is 5.97. The predicted octanol–water partition coefficient (Wildman–Crippen LogP) is 8.14. The molecule has 0 aliphatic heterocycles. The van der Waals surface area contributed by atoms with E-state index in [1.54, 1.807) is 0 Å². The standard InChI is InChI=1S/C26H54O5Si/c1-4-29-32(30-5-2,31-6-3)25-23-21-19-17-15-13-11-9-7-8-10-12-14-16-18-20-22-24-26(27)28/h4-25H2,1-3H3,(H,27,28). The number of hydrogen-bond acceptors (Lipinski definition) is 4. The Kier molecular flexibility index (Phi) is 23.4. The molecule has 0 aromatic heterocycles. The van der Waals surface area contributed by atoms with Crippen molar-refractivity contribution in [1.29, 1.82) is 0 Å². The van der Waals surface area contributed by atoms with Crippen LogP contribution < -0.4 is 0 Å². The highest BCUT2D eigenvalue weighted by atomic mass is 28.4. The molecule has 0 atom stereocenters. The first-order valence-corrected chi connectivity index (χ1v) is 15.7. The van der Waals surface area contributed by atoms with Gasteiger partial charge in [0.2, 0.25) is 0 Å². The number of carbonyl (C=O) groups is 1. The molecule has 0 aliphatic rings. The molecule has 32 heavy (non-hydrogen) atoms. The average molecular weight is 475 g/mol. The van der Waals surface area contributed by atoms with Crippen molar-refractivity contribution in [3.63, 3.8) is 0 Å². The van der Waals surface area contributed by atoms with Gasteiger partial charge in [-0.1, -0.05) is 96.3 Å². The summed E-state index contributed by atoms with van der Waals surface area (Å²) in [5.74, 6) is -0.661. The number of carboxylic acids is 1. The highest BCUT2D eigenvalue weighted by molar-refractivity contribution is 6.60. The van der Waals surface area contributed by atoms with Gasteiger partial charge in [-0.25, -0.2) is 0 Å². The van der Waals surface area contributed by atoms with Crippen molar-refractivity contribution in [2.24, 2.45) is 0 Å². The Morgan fingerprint density at radius 2 is 0.812 bits per heavy atom. The lowest BCUT2D eigenvalue weighted by Gasteiger charge is -2.28. The smallest absolute Gasteiger partial charge is 0.481 e. The molecule has 6 heteroatoms. The summed E-state index contributed by atoms with van der Waals surface area (Å²) in [5.41, 5.74) is 0. The van der Waals surface area contributed by atoms with Gasteiger partial charge in [-0.3, -0.25) is 4.79 Å². The molecule has 0 amide bonds. The Morgan fingerprint density at radius 1 is 0.531 bits per heavy atom. The van der Waals surface area contributed by atoms with Crippen LogP contribution in [0.4, 0.5) is 0 Å². The Bertz CT molecular complexity index is 389. The van der Waals surface area contributed by atoms with Crippen LogP contribution >= 0.6 is 0 Å². The van der Waals surface area contributed by atoms with E-state index in [4.69, 9.17) is 18.4 Å². The van der Waals surface area contributed by atoms with Crippen molar-refractivity contribution in [2.45, 2.75) is 142 Å². The largest absolute Gasteiger partial charge is 0.500 e. The van der Waals surface area contributed by atoms with E-state index in [0.29, 0.717) is 26.2 Å². The van der Waals surface area contributed by atoms with Gasteiger partial charge in [-0.2, -0.15) is 0 Å². The maximum Gasteiger partial charge on any atom is 0.500 e. The van der Waals surface area contributed by atoms with Crippen LogP contribution in [0.25, 0.3) is 0 Å². The van der Waals surface area contributed by atoms with Crippen LogP contribution in [0.2, 0.25) is 6.04 Å². The van der Waals surface area contributed by atoms with Crippen molar-refractivity contribution >= 4 is 14.8 Å². The second-order valence-electron chi connectivity index (χ2n) is 8.89. The molecule has 0 spiro atoms. The van der Waals surface area contributed by atoms with E-state index in [1.807, 2.05) is 20.8 Å². The first-order chi connectivity index (χ1) is 15.6. The van der Waals surface area contributed by atoms with Crippen LogP contribution in [-0.2, 0) is 18.1 Å². The van der Waals surface area contributed by atoms with Crippen LogP contribution in [0.15, 0.2) is 0 Å². The van der Waals surface area contributed by atoms with Gasteiger partial charge in [0.05, 0.1) is 0 Å². The second-order valence-corrected chi connectivity index (χ2v) is 11.6. The van der Waals surface area contributed by atoms with Crippen LogP contribution in [0.3, 0.4) is 0 Å². The summed E-state index contributed by atoms with van der Waals surface area (Å²) in [6.07, 6.45) is 22.1. The monoisotopic (exact) mass is 474 g/mol. The Morgan fingerprint density at radius 3 is 1.09 bits per heavy atom. The fraction of sp³-hybridized carbons (Fsp3) is 0.962. The molecule has 0 bridgehead atoms. The summed E-state index contributed by atoms with van der Waals surface area (Å²) in [7, 11) is -2.43. The van der Waals surface area contributed by atoms with Gasteiger partial charge in [0.15, 0.2) is 0 Å². The lowest BCUT2D eigenvalue weighted by atomic mass is 10.0. The molecule has 192 valence electrons. The predicted molar refractivity (Wildman–Crippen MR) is 136 cm³/mol. The number of aliphatic carboxylic acids is 1. The first kappa shape index (κ1) is 31.6. The van der Waals surface area contributed by atoms with Gasteiger partial charge in [0, 0.05) is 32.3 Å². The van der Waals surface area contributed by atoms with E-state index in [9.17, 15) is 4.79 Å². The third-order valence-corrected chi connectivity index (χ3v) is 9.12. The molecule has 0 rings (SSSR count). The van der Waals surface area contributed by atoms with E-state index >= 15 is 0 Å². The van der Waals surface area contributed by atoms with Gasteiger partial charge in [-0.15, -0.1) is 0 Å². The van der Waals surface area contributed by atoms with Crippen molar-refractivity contribution in [2.75, 3.05) is 19.8 Å². The van der Waals surface area contributed by atoms with Crippen molar-refractivity contribution in [3.05, 3.63) is 0 Å². The molecular formula is C26H54O5Si. The topological polar surface area (TPSA) is 65.0 Å². The molecule has 0 aromatic rings. The summed E-state index contributed by atoms with van der Waals surface area (Å²) in [5, 5.41) is 8.61. The fourth-order valence-electron chi connectivity index (χ4n) is 4.27. The van der Waals surface area contributed by atoms with Crippen molar-refractivity contribution in [1.82, 2.24) is 0 Å². The Balaban J connectivity index is 3.39. The maximum atomic E-state index is 10.4. The minimum atomic E-state index is -2.43. The molecule has 0 aliphatic carbocycles. The van der Waals surface area contributed by atoms with Crippen LogP contribution in [0, 0.1) is 0 Å². The molecule has 5 nitrogen and oxygen atoms in total. The summed E-state index contributed by atoms with van der Waals surface area (Å²) in [4.78, 5) is 10.4. The lowest BCUT2D eigenvalue weighted by Crippen LogP contribution is -2.45. The van der Waals surface area contributed by atoms with Crippen LogP contribution in [-0.4, -0.2) is 39.7 Å². The van der Waals surface area contributed by atoms with Gasteiger partial charge >= 0.3 is 14.8 Å². The molecular weight excluding hydrogens is 420 g/mol. The van der Waals surface area contributed by atoms with Crippen molar-refractivity contribution < 1.29 is 23.2 Å². The minimum Gasteiger partial charge on any atom is -0.481 e. The molecule has 0 saturated carbocycles. The summed E-state index contributed by atoms with van der Waals surface area (Å²) < 4.78 is 17.8. The van der Waals surface area contributed by atoms with Crippen molar-refractivity contribution in [3.8, 4) is 0 Å². The summed E-state index contributed by atoms with van der Waals surface area (Å²) in [6, 6.07) is 0.952. The second kappa shape index (κ2) is 23.7. The maximum absolute atomic E-state index is 10.4. The Hall–Kier alpha value is -0.433. The molecule has 1 N–H and O–H groups in total. The molecule has 0 aromatic carbocycles.